The third kappa shape index (κ3) is 3.26. The van der Waals surface area contributed by atoms with Crippen LogP contribution in [0.1, 0.15) is 15.9 Å². The SMILES string of the molecule is C#Cc1ccc(C(=O)N2CCNCC2)cc1[N+](=O)[O-].Cl. The van der Waals surface area contributed by atoms with Crippen molar-refractivity contribution in [3.05, 3.63) is 39.4 Å². The number of hydrogen-bond donors (Lipinski definition) is 1. The first-order valence-electron chi connectivity index (χ1n) is 5.88. The van der Waals surface area contributed by atoms with E-state index in [2.05, 4.69) is 11.2 Å². The summed E-state index contributed by atoms with van der Waals surface area (Å²) in [6.07, 6.45) is 5.20. The number of nitro groups is 1. The summed E-state index contributed by atoms with van der Waals surface area (Å²) in [7, 11) is 0. The fourth-order valence-corrected chi connectivity index (χ4v) is 1.99. The summed E-state index contributed by atoms with van der Waals surface area (Å²) < 4.78 is 0. The number of amides is 1. The molecule has 0 atom stereocenters. The molecule has 2 rings (SSSR count). The van der Waals surface area contributed by atoms with Gasteiger partial charge in [-0.05, 0) is 12.1 Å². The monoisotopic (exact) mass is 295 g/mol. The van der Waals surface area contributed by atoms with Crippen LogP contribution in [-0.4, -0.2) is 41.9 Å². The third-order valence-corrected chi connectivity index (χ3v) is 3.00. The minimum Gasteiger partial charge on any atom is -0.336 e. The van der Waals surface area contributed by atoms with Crippen LogP contribution in [0.15, 0.2) is 18.2 Å². The molecule has 0 radical (unpaired) electrons. The zero-order valence-corrected chi connectivity index (χ0v) is 11.5. The van der Waals surface area contributed by atoms with E-state index in [-0.39, 0.29) is 29.6 Å². The molecule has 6 nitrogen and oxygen atoms in total. The van der Waals surface area contributed by atoms with Gasteiger partial charge in [0, 0.05) is 37.8 Å². The molecule has 0 bridgehead atoms. The van der Waals surface area contributed by atoms with Gasteiger partial charge in [-0.1, -0.05) is 5.92 Å². The van der Waals surface area contributed by atoms with Crippen LogP contribution in [0, 0.1) is 22.5 Å². The molecule has 0 aromatic heterocycles. The number of piperazine rings is 1. The van der Waals surface area contributed by atoms with Gasteiger partial charge in [0.2, 0.25) is 0 Å². The highest BCUT2D eigenvalue weighted by Gasteiger charge is 2.21. The maximum atomic E-state index is 12.2. The highest BCUT2D eigenvalue weighted by molar-refractivity contribution is 5.95. The first-order chi connectivity index (χ1) is 9.13. The fraction of sp³-hybridized carbons (Fsp3) is 0.308. The van der Waals surface area contributed by atoms with E-state index < -0.39 is 4.92 Å². The van der Waals surface area contributed by atoms with Gasteiger partial charge in [0.1, 0.15) is 5.56 Å². The summed E-state index contributed by atoms with van der Waals surface area (Å²) in [5.74, 6) is 2.05. The van der Waals surface area contributed by atoms with Crippen LogP contribution in [0.4, 0.5) is 5.69 Å². The standard InChI is InChI=1S/C13H13N3O3.ClH/c1-2-10-3-4-11(9-12(10)16(18)19)13(17)15-7-5-14-6-8-15;/h1,3-4,9,14H,5-8H2;1H. The number of hydrogen-bond acceptors (Lipinski definition) is 4. The van der Waals surface area contributed by atoms with Crippen molar-refractivity contribution in [2.75, 3.05) is 26.2 Å². The summed E-state index contributed by atoms with van der Waals surface area (Å²) in [6.45, 7) is 2.67. The van der Waals surface area contributed by atoms with E-state index >= 15 is 0 Å². The molecule has 1 saturated heterocycles. The number of carbonyl (C=O) groups is 1. The first kappa shape index (κ1) is 16.0. The van der Waals surface area contributed by atoms with Gasteiger partial charge in [-0.25, -0.2) is 0 Å². The molecule has 1 aliphatic rings. The summed E-state index contributed by atoms with van der Waals surface area (Å²) in [5.41, 5.74) is 0.276. The predicted octanol–water partition coefficient (Wildman–Crippen LogP) is 1.04. The summed E-state index contributed by atoms with van der Waals surface area (Å²) in [5, 5.41) is 14.0. The Bertz CT molecular complexity index is 562. The molecule has 1 aromatic carbocycles. The molecule has 1 aliphatic heterocycles. The lowest BCUT2D eigenvalue weighted by molar-refractivity contribution is -0.385. The molecule has 7 heteroatoms. The number of rotatable bonds is 2. The third-order valence-electron chi connectivity index (χ3n) is 3.00. The van der Waals surface area contributed by atoms with E-state index in [1.165, 1.54) is 18.2 Å². The molecule has 0 unspecified atom stereocenters. The van der Waals surface area contributed by atoms with Crippen LogP contribution in [0.25, 0.3) is 0 Å². The molecule has 0 saturated carbocycles. The Morgan fingerprint density at radius 3 is 2.60 bits per heavy atom. The average Bonchev–Trinajstić information content (AvgIpc) is 2.46. The number of halogens is 1. The van der Waals surface area contributed by atoms with Crippen LogP contribution < -0.4 is 5.32 Å². The lowest BCUT2D eigenvalue weighted by atomic mass is 10.1. The summed E-state index contributed by atoms with van der Waals surface area (Å²) in [6, 6.07) is 4.22. The minimum atomic E-state index is -0.566. The number of terminal acetylenes is 1. The molecular weight excluding hydrogens is 282 g/mol. The summed E-state index contributed by atoms with van der Waals surface area (Å²) in [4.78, 5) is 24.2. The van der Waals surface area contributed by atoms with Gasteiger partial charge in [0.15, 0.2) is 0 Å². The largest absolute Gasteiger partial charge is 0.336 e. The van der Waals surface area contributed by atoms with E-state index in [4.69, 9.17) is 6.42 Å². The van der Waals surface area contributed by atoms with E-state index in [1.54, 1.807) is 4.90 Å². The van der Waals surface area contributed by atoms with Crippen LogP contribution in [0.2, 0.25) is 0 Å². The quantitative estimate of drug-likeness (QED) is 0.502. The molecule has 1 fully saturated rings. The first-order valence-corrected chi connectivity index (χ1v) is 5.88. The molecule has 1 N–H and O–H groups in total. The Hall–Kier alpha value is -2.10. The normalized spacial score (nSPS) is 14.1. The fourth-order valence-electron chi connectivity index (χ4n) is 1.99. The lowest BCUT2D eigenvalue weighted by Gasteiger charge is -2.27. The van der Waals surface area contributed by atoms with Crippen molar-refractivity contribution in [1.82, 2.24) is 10.2 Å². The van der Waals surface area contributed by atoms with Crippen molar-refractivity contribution in [2.24, 2.45) is 0 Å². The zero-order valence-electron chi connectivity index (χ0n) is 10.7. The number of nitro benzene ring substituents is 1. The van der Waals surface area contributed by atoms with Crippen LogP contribution in [0.3, 0.4) is 0 Å². The molecule has 0 spiro atoms. The number of benzene rings is 1. The summed E-state index contributed by atoms with van der Waals surface area (Å²) >= 11 is 0. The van der Waals surface area contributed by atoms with Crippen molar-refractivity contribution in [3.8, 4) is 12.3 Å². The van der Waals surface area contributed by atoms with Gasteiger partial charge in [-0.2, -0.15) is 0 Å². The van der Waals surface area contributed by atoms with E-state index in [0.717, 1.165) is 13.1 Å². The Kier molecular flexibility index (Phi) is 5.50. The minimum absolute atomic E-state index is 0. The van der Waals surface area contributed by atoms with Crippen molar-refractivity contribution in [2.45, 2.75) is 0 Å². The van der Waals surface area contributed by atoms with Crippen molar-refractivity contribution in [1.29, 1.82) is 0 Å². The molecule has 1 aromatic rings. The van der Waals surface area contributed by atoms with E-state index in [9.17, 15) is 14.9 Å². The van der Waals surface area contributed by atoms with E-state index in [0.29, 0.717) is 18.7 Å². The van der Waals surface area contributed by atoms with Crippen LogP contribution in [-0.2, 0) is 0 Å². The van der Waals surface area contributed by atoms with Crippen LogP contribution in [0.5, 0.6) is 0 Å². The van der Waals surface area contributed by atoms with Gasteiger partial charge in [0.25, 0.3) is 11.6 Å². The Morgan fingerprint density at radius 2 is 2.05 bits per heavy atom. The lowest BCUT2D eigenvalue weighted by Crippen LogP contribution is -2.46. The van der Waals surface area contributed by atoms with Crippen molar-refractivity contribution >= 4 is 24.0 Å². The van der Waals surface area contributed by atoms with Gasteiger partial charge in [0.05, 0.1) is 4.92 Å². The Morgan fingerprint density at radius 1 is 1.40 bits per heavy atom. The molecular formula is C13H14ClN3O3. The molecule has 106 valence electrons. The highest BCUT2D eigenvalue weighted by Crippen LogP contribution is 2.20. The predicted molar refractivity (Wildman–Crippen MR) is 77.1 cm³/mol. The number of nitrogens with one attached hydrogen (secondary N) is 1. The zero-order chi connectivity index (χ0) is 13.8. The molecule has 1 amide bonds. The molecule has 1 heterocycles. The van der Waals surface area contributed by atoms with Gasteiger partial charge >= 0.3 is 0 Å². The van der Waals surface area contributed by atoms with Gasteiger partial charge in [-0.15, -0.1) is 18.8 Å². The number of nitrogens with zero attached hydrogens (tertiary/aromatic N) is 2. The molecule has 20 heavy (non-hydrogen) atoms. The second-order valence-corrected chi connectivity index (χ2v) is 4.18. The van der Waals surface area contributed by atoms with E-state index in [1.807, 2.05) is 0 Å². The average molecular weight is 296 g/mol. The Balaban J connectivity index is 0.00000200. The topological polar surface area (TPSA) is 75.5 Å². The number of carbonyl (C=O) groups excluding carboxylic acids is 1. The second-order valence-electron chi connectivity index (χ2n) is 4.18. The van der Waals surface area contributed by atoms with Crippen molar-refractivity contribution < 1.29 is 9.72 Å². The maximum absolute atomic E-state index is 12.2. The Labute approximate surface area is 122 Å². The highest BCUT2D eigenvalue weighted by atomic mass is 35.5. The van der Waals surface area contributed by atoms with Crippen molar-refractivity contribution in [3.63, 3.8) is 0 Å². The molecule has 0 aliphatic carbocycles. The van der Waals surface area contributed by atoms with Gasteiger partial charge in [-0.3, -0.25) is 14.9 Å². The second kappa shape index (κ2) is 6.89. The van der Waals surface area contributed by atoms with Crippen LogP contribution >= 0.6 is 12.4 Å². The maximum Gasteiger partial charge on any atom is 0.285 e. The smallest absolute Gasteiger partial charge is 0.285 e. The van der Waals surface area contributed by atoms with Gasteiger partial charge < -0.3 is 10.2 Å².